The fourth-order valence-electron chi connectivity index (χ4n) is 1.15. The molecule has 1 aromatic heterocycles. The fourth-order valence-corrected chi connectivity index (χ4v) is 2.52. The molecular weight excluding hydrogens is 212 g/mol. The molecule has 1 rings (SSSR count). The van der Waals surface area contributed by atoms with Gasteiger partial charge >= 0.3 is 0 Å². The maximum Gasteiger partial charge on any atom is 0.0897 e. The van der Waals surface area contributed by atoms with Crippen molar-refractivity contribution >= 4 is 23.1 Å². The van der Waals surface area contributed by atoms with E-state index in [9.17, 15) is 0 Å². The molecule has 0 saturated carbocycles. The number of hydrogen-bond donors (Lipinski definition) is 1. The van der Waals surface area contributed by atoms with Gasteiger partial charge in [-0.25, -0.2) is 4.98 Å². The van der Waals surface area contributed by atoms with Crippen molar-refractivity contribution in [3.05, 3.63) is 16.1 Å². The summed E-state index contributed by atoms with van der Waals surface area (Å²) >= 11 is 3.61. The van der Waals surface area contributed by atoms with Gasteiger partial charge in [0.1, 0.15) is 0 Å². The third kappa shape index (κ3) is 4.44. The van der Waals surface area contributed by atoms with Crippen LogP contribution >= 0.6 is 23.1 Å². The van der Waals surface area contributed by atoms with Crippen molar-refractivity contribution in [1.29, 1.82) is 0 Å². The van der Waals surface area contributed by atoms with E-state index in [1.807, 2.05) is 18.7 Å². The van der Waals surface area contributed by atoms with E-state index in [2.05, 4.69) is 24.2 Å². The Labute approximate surface area is 94.3 Å². The largest absolute Gasteiger partial charge is 0.327 e. The number of aryl methyl sites for hydroxylation is 1. The minimum absolute atomic E-state index is 0.240. The van der Waals surface area contributed by atoms with Crippen LogP contribution in [0.4, 0.5) is 0 Å². The van der Waals surface area contributed by atoms with E-state index in [0.717, 1.165) is 22.9 Å². The normalized spacial score (nSPS) is 13.5. The summed E-state index contributed by atoms with van der Waals surface area (Å²) in [4.78, 5) is 4.41. The molecule has 0 amide bonds. The Bertz CT molecular complexity index is 271. The Kier molecular flexibility index (Phi) is 4.92. The van der Waals surface area contributed by atoms with Gasteiger partial charge < -0.3 is 5.73 Å². The van der Waals surface area contributed by atoms with Gasteiger partial charge in [-0.3, -0.25) is 0 Å². The monoisotopic (exact) mass is 230 g/mol. The van der Waals surface area contributed by atoms with Crippen LogP contribution in [0.3, 0.4) is 0 Å². The molecule has 14 heavy (non-hydrogen) atoms. The van der Waals surface area contributed by atoms with E-state index in [1.165, 1.54) is 0 Å². The van der Waals surface area contributed by atoms with Crippen LogP contribution < -0.4 is 5.73 Å². The summed E-state index contributed by atoms with van der Waals surface area (Å²) in [6.45, 7) is 6.43. The Balaban J connectivity index is 2.30. The molecule has 4 heteroatoms. The highest BCUT2D eigenvalue weighted by atomic mass is 32.2. The molecule has 2 N–H and O–H groups in total. The number of thiazole rings is 1. The molecule has 0 aromatic carbocycles. The van der Waals surface area contributed by atoms with Crippen LogP contribution in [0.25, 0.3) is 0 Å². The average Bonchev–Trinajstić information content (AvgIpc) is 2.48. The standard InChI is InChI=1S/C10H18N2S2/c1-7(2)13-5-9(11)4-10-6-14-8(3)12-10/h6-7,9H,4-5,11H2,1-3H3. The minimum atomic E-state index is 0.240. The lowest BCUT2D eigenvalue weighted by molar-refractivity contribution is 0.733. The molecule has 0 aliphatic carbocycles. The number of rotatable bonds is 5. The van der Waals surface area contributed by atoms with Crippen LogP contribution in [0, 0.1) is 6.92 Å². The predicted molar refractivity (Wildman–Crippen MR) is 66.1 cm³/mol. The fraction of sp³-hybridized carbons (Fsp3) is 0.700. The van der Waals surface area contributed by atoms with Crippen LogP contribution in [-0.4, -0.2) is 22.0 Å². The molecule has 0 radical (unpaired) electrons. The van der Waals surface area contributed by atoms with Crippen molar-refractivity contribution < 1.29 is 0 Å². The van der Waals surface area contributed by atoms with Gasteiger partial charge in [-0.15, -0.1) is 11.3 Å². The minimum Gasteiger partial charge on any atom is -0.327 e. The number of thioether (sulfide) groups is 1. The highest BCUT2D eigenvalue weighted by Crippen LogP contribution is 2.14. The van der Waals surface area contributed by atoms with Gasteiger partial charge in [0.25, 0.3) is 0 Å². The highest BCUT2D eigenvalue weighted by molar-refractivity contribution is 7.99. The Morgan fingerprint density at radius 1 is 1.57 bits per heavy atom. The maximum absolute atomic E-state index is 6.01. The first kappa shape index (κ1) is 12.0. The zero-order valence-electron chi connectivity index (χ0n) is 8.99. The summed E-state index contributed by atoms with van der Waals surface area (Å²) in [6, 6.07) is 0.240. The van der Waals surface area contributed by atoms with Crippen LogP contribution in [-0.2, 0) is 6.42 Å². The van der Waals surface area contributed by atoms with E-state index < -0.39 is 0 Å². The molecule has 1 unspecified atom stereocenters. The number of hydrogen-bond acceptors (Lipinski definition) is 4. The maximum atomic E-state index is 6.01. The third-order valence-corrected chi connectivity index (χ3v) is 3.89. The lowest BCUT2D eigenvalue weighted by atomic mass is 10.2. The molecule has 1 heterocycles. The van der Waals surface area contributed by atoms with Crippen LogP contribution in [0.1, 0.15) is 24.5 Å². The highest BCUT2D eigenvalue weighted by Gasteiger charge is 2.07. The first-order valence-electron chi connectivity index (χ1n) is 4.86. The topological polar surface area (TPSA) is 38.9 Å². The second-order valence-electron chi connectivity index (χ2n) is 3.70. The summed E-state index contributed by atoms with van der Waals surface area (Å²) in [7, 11) is 0. The Hall–Kier alpha value is -0.0600. The Morgan fingerprint density at radius 2 is 2.29 bits per heavy atom. The lowest BCUT2D eigenvalue weighted by Gasteiger charge is -2.11. The van der Waals surface area contributed by atoms with Crippen molar-refractivity contribution in [2.24, 2.45) is 5.73 Å². The van der Waals surface area contributed by atoms with Gasteiger partial charge in [-0.05, 0) is 12.2 Å². The second kappa shape index (κ2) is 5.73. The van der Waals surface area contributed by atoms with Gasteiger partial charge in [-0.1, -0.05) is 13.8 Å². The molecule has 1 aromatic rings. The third-order valence-electron chi connectivity index (χ3n) is 1.78. The molecule has 80 valence electrons. The predicted octanol–water partition coefficient (Wildman–Crippen LogP) is 2.46. The van der Waals surface area contributed by atoms with Crippen molar-refractivity contribution in [1.82, 2.24) is 4.98 Å². The first-order chi connectivity index (χ1) is 6.58. The summed E-state index contributed by atoms with van der Waals surface area (Å²) in [5.41, 5.74) is 7.15. The zero-order chi connectivity index (χ0) is 10.6. The summed E-state index contributed by atoms with van der Waals surface area (Å²) in [5, 5.41) is 3.90. The molecule has 2 nitrogen and oxygen atoms in total. The van der Waals surface area contributed by atoms with Crippen molar-refractivity contribution in [3.8, 4) is 0 Å². The molecule has 0 aliphatic rings. The molecule has 0 saturated heterocycles. The van der Waals surface area contributed by atoms with Crippen LogP contribution in [0.5, 0.6) is 0 Å². The number of nitrogens with zero attached hydrogens (tertiary/aromatic N) is 1. The van der Waals surface area contributed by atoms with Gasteiger partial charge in [0.15, 0.2) is 0 Å². The molecule has 0 spiro atoms. The van der Waals surface area contributed by atoms with E-state index in [0.29, 0.717) is 5.25 Å². The number of aromatic nitrogens is 1. The Morgan fingerprint density at radius 3 is 2.79 bits per heavy atom. The van der Waals surface area contributed by atoms with Crippen LogP contribution in [0.2, 0.25) is 0 Å². The first-order valence-corrected chi connectivity index (χ1v) is 6.79. The molecule has 1 atom stereocenters. The lowest BCUT2D eigenvalue weighted by Crippen LogP contribution is -2.26. The van der Waals surface area contributed by atoms with E-state index >= 15 is 0 Å². The van der Waals surface area contributed by atoms with Gasteiger partial charge in [0, 0.05) is 23.6 Å². The van der Waals surface area contributed by atoms with Gasteiger partial charge in [0.05, 0.1) is 10.7 Å². The summed E-state index contributed by atoms with van der Waals surface area (Å²) in [5.74, 6) is 1.02. The molecule has 0 aliphatic heterocycles. The summed E-state index contributed by atoms with van der Waals surface area (Å²) < 4.78 is 0. The number of nitrogens with two attached hydrogens (primary N) is 1. The van der Waals surface area contributed by atoms with E-state index in [4.69, 9.17) is 5.73 Å². The van der Waals surface area contributed by atoms with Crippen molar-refractivity contribution in [2.75, 3.05) is 5.75 Å². The van der Waals surface area contributed by atoms with Crippen molar-refractivity contribution in [3.63, 3.8) is 0 Å². The molecular formula is C10H18N2S2. The average molecular weight is 230 g/mol. The zero-order valence-corrected chi connectivity index (χ0v) is 10.6. The smallest absolute Gasteiger partial charge is 0.0897 e. The quantitative estimate of drug-likeness (QED) is 0.844. The second-order valence-corrected chi connectivity index (χ2v) is 6.38. The van der Waals surface area contributed by atoms with Gasteiger partial charge in [-0.2, -0.15) is 11.8 Å². The summed E-state index contributed by atoms with van der Waals surface area (Å²) in [6.07, 6.45) is 0.907. The van der Waals surface area contributed by atoms with Crippen LogP contribution in [0.15, 0.2) is 5.38 Å². The van der Waals surface area contributed by atoms with E-state index in [-0.39, 0.29) is 6.04 Å². The van der Waals surface area contributed by atoms with E-state index in [1.54, 1.807) is 11.3 Å². The SMILES string of the molecule is Cc1nc(CC(N)CSC(C)C)cs1. The van der Waals surface area contributed by atoms with Gasteiger partial charge in [0.2, 0.25) is 0 Å². The van der Waals surface area contributed by atoms with Crippen molar-refractivity contribution in [2.45, 2.75) is 38.5 Å². The molecule has 0 bridgehead atoms. The molecule has 0 fully saturated rings.